The second-order valence-corrected chi connectivity index (χ2v) is 5.19. The number of halogens is 1. The summed E-state index contributed by atoms with van der Waals surface area (Å²) in [5.41, 5.74) is 2.87. The average Bonchev–Trinajstić information content (AvgIpc) is 2.65. The molecule has 0 saturated heterocycles. The Morgan fingerprint density at radius 3 is 2.56 bits per heavy atom. The van der Waals surface area contributed by atoms with Gasteiger partial charge in [0.1, 0.15) is 5.82 Å². The molecule has 0 aliphatic rings. The molecule has 3 rings (SSSR count). The molecule has 0 aliphatic heterocycles. The van der Waals surface area contributed by atoms with Crippen LogP contribution in [-0.2, 0) is 0 Å². The lowest BCUT2D eigenvalue weighted by atomic mass is 10.1. The summed E-state index contributed by atoms with van der Waals surface area (Å²) in [5, 5.41) is 4.21. The Hall–Kier alpha value is -2.79. The number of nitrogens with zero attached hydrogens (tertiary/aromatic N) is 2. The van der Waals surface area contributed by atoms with E-state index in [4.69, 9.17) is 9.47 Å². The Labute approximate surface area is 153 Å². The summed E-state index contributed by atoms with van der Waals surface area (Å²) >= 11 is 0. The van der Waals surface area contributed by atoms with Crippen molar-refractivity contribution >= 4 is 29.1 Å². The molecule has 3 aromatic rings. The van der Waals surface area contributed by atoms with E-state index in [0.29, 0.717) is 18.0 Å². The fourth-order valence-electron chi connectivity index (χ4n) is 2.53. The van der Waals surface area contributed by atoms with E-state index in [1.165, 1.54) is 0 Å². The first-order valence-corrected chi connectivity index (χ1v) is 7.58. The van der Waals surface area contributed by atoms with Crippen LogP contribution in [0, 0.1) is 0 Å². The fourth-order valence-corrected chi connectivity index (χ4v) is 2.53. The van der Waals surface area contributed by atoms with Crippen LogP contribution in [0.15, 0.2) is 55.4 Å². The van der Waals surface area contributed by atoms with Gasteiger partial charge >= 0.3 is 0 Å². The number of fused-ring (bicyclic) bond motifs is 1. The lowest BCUT2D eigenvalue weighted by Crippen LogP contribution is -2.01. The molecule has 0 fully saturated rings. The molecule has 2 heterocycles. The monoisotopic (exact) mass is 357 g/mol. The third-order valence-corrected chi connectivity index (χ3v) is 3.74. The van der Waals surface area contributed by atoms with Crippen molar-refractivity contribution < 1.29 is 9.47 Å². The zero-order chi connectivity index (χ0) is 16.9. The van der Waals surface area contributed by atoms with Gasteiger partial charge in [-0.15, -0.1) is 19.0 Å². The van der Waals surface area contributed by atoms with Gasteiger partial charge in [-0.25, -0.2) is 4.98 Å². The number of anilines is 1. The largest absolute Gasteiger partial charge is 0.493 e. The number of pyridine rings is 2. The van der Waals surface area contributed by atoms with Crippen LogP contribution in [0.25, 0.3) is 22.0 Å². The molecule has 0 saturated carbocycles. The molecule has 0 radical (unpaired) electrons. The first kappa shape index (κ1) is 18.5. The molecule has 130 valence electrons. The van der Waals surface area contributed by atoms with Crippen molar-refractivity contribution in [1.29, 1.82) is 0 Å². The van der Waals surface area contributed by atoms with Gasteiger partial charge in [-0.05, 0) is 29.8 Å². The van der Waals surface area contributed by atoms with Crippen LogP contribution < -0.4 is 14.8 Å². The predicted octanol–water partition coefficient (Wildman–Crippen LogP) is 4.33. The summed E-state index contributed by atoms with van der Waals surface area (Å²) in [4.78, 5) is 8.94. The molecule has 0 unspecified atom stereocenters. The summed E-state index contributed by atoms with van der Waals surface area (Å²) in [6.07, 6.45) is 5.39. The zero-order valence-electron chi connectivity index (χ0n) is 14.2. The van der Waals surface area contributed by atoms with Gasteiger partial charge in [-0.1, -0.05) is 12.1 Å². The molecule has 0 atom stereocenters. The smallest absolute Gasteiger partial charge is 0.161 e. The summed E-state index contributed by atoms with van der Waals surface area (Å²) in [6, 6.07) is 9.78. The Morgan fingerprint density at radius 1 is 1.04 bits per heavy atom. The topological polar surface area (TPSA) is 56.3 Å². The van der Waals surface area contributed by atoms with E-state index in [1.807, 2.05) is 30.5 Å². The van der Waals surface area contributed by atoms with Crippen LogP contribution in [0.4, 0.5) is 5.82 Å². The molecular weight excluding hydrogens is 338 g/mol. The van der Waals surface area contributed by atoms with E-state index in [0.717, 1.165) is 27.8 Å². The third-order valence-electron chi connectivity index (χ3n) is 3.74. The number of rotatable bonds is 6. The van der Waals surface area contributed by atoms with Crippen LogP contribution in [0.1, 0.15) is 0 Å². The van der Waals surface area contributed by atoms with Crippen LogP contribution in [0.5, 0.6) is 11.5 Å². The maximum absolute atomic E-state index is 5.38. The maximum Gasteiger partial charge on any atom is 0.161 e. The van der Waals surface area contributed by atoms with Crippen LogP contribution in [0.2, 0.25) is 0 Å². The first-order valence-electron chi connectivity index (χ1n) is 7.58. The van der Waals surface area contributed by atoms with E-state index in [9.17, 15) is 0 Å². The number of ether oxygens (including phenoxy) is 2. The molecular formula is C19H20ClN3O2. The van der Waals surface area contributed by atoms with Gasteiger partial charge in [-0.3, -0.25) is 4.98 Å². The molecule has 6 heteroatoms. The van der Waals surface area contributed by atoms with Crippen molar-refractivity contribution in [3.05, 3.63) is 55.4 Å². The van der Waals surface area contributed by atoms with E-state index in [-0.39, 0.29) is 12.4 Å². The van der Waals surface area contributed by atoms with E-state index < -0.39 is 0 Å². The molecule has 1 N–H and O–H groups in total. The first-order chi connectivity index (χ1) is 11.8. The number of hydrogen-bond donors (Lipinski definition) is 1. The lowest BCUT2D eigenvalue weighted by Gasteiger charge is -2.11. The van der Waals surface area contributed by atoms with Crippen molar-refractivity contribution in [1.82, 2.24) is 9.97 Å². The lowest BCUT2D eigenvalue weighted by molar-refractivity contribution is 0.355. The number of methoxy groups -OCH3 is 2. The highest BCUT2D eigenvalue weighted by atomic mass is 35.5. The van der Waals surface area contributed by atoms with E-state index >= 15 is 0 Å². The minimum atomic E-state index is 0. The highest BCUT2D eigenvalue weighted by molar-refractivity contribution is 5.92. The number of benzene rings is 1. The minimum absolute atomic E-state index is 0. The van der Waals surface area contributed by atoms with Crippen molar-refractivity contribution in [2.75, 3.05) is 26.1 Å². The van der Waals surface area contributed by atoms with Gasteiger partial charge in [0, 0.05) is 29.9 Å². The molecule has 25 heavy (non-hydrogen) atoms. The number of aromatic nitrogens is 2. The highest BCUT2D eigenvalue weighted by Crippen LogP contribution is 2.33. The maximum atomic E-state index is 5.38. The molecule has 5 nitrogen and oxygen atoms in total. The van der Waals surface area contributed by atoms with Crippen LogP contribution in [0.3, 0.4) is 0 Å². The van der Waals surface area contributed by atoms with Gasteiger partial charge in [-0.2, -0.15) is 0 Å². The van der Waals surface area contributed by atoms with Crippen molar-refractivity contribution in [3.8, 4) is 22.6 Å². The molecule has 0 amide bonds. The number of hydrogen-bond acceptors (Lipinski definition) is 5. The zero-order valence-corrected chi connectivity index (χ0v) is 15.0. The van der Waals surface area contributed by atoms with Crippen LogP contribution in [-0.4, -0.2) is 30.7 Å². The minimum Gasteiger partial charge on any atom is -0.493 e. The summed E-state index contributed by atoms with van der Waals surface area (Å²) in [7, 11) is 3.25. The second kappa shape index (κ2) is 8.35. The highest BCUT2D eigenvalue weighted by Gasteiger charge is 2.09. The average molecular weight is 358 g/mol. The van der Waals surface area contributed by atoms with E-state index in [1.54, 1.807) is 26.5 Å². The van der Waals surface area contributed by atoms with Gasteiger partial charge in [0.25, 0.3) is 0 Å². The Kier molecular flexibility index (Phi) is 6.19. The van der Waals surface area contributed by atoms with Crippen molar-refractivity contribution in [2.45, 2.75) is 0 Å². The Balaban J connectivity index is 0.00000225. The molecule has 2 aromatic heterocycles. The quantitative estimate of drug-likeness (QED) is 0.665. The molecule has 0 spiro atoms. The third kappa shape index (κ3) is 3.83. The standard InChI is InChI=1S/C19H19N3O2.ClH/c1-4-8-20-19-15-10-14(12-22-16(15)7-9-21-19)13-5-6-17(23-2)18(11-13)24-3;/h4-7,9-12H,1,8H2,2-3H3,(H,20,21);1H. The van der Waals surface area contributed by atoms with Gasteiger partial charge in [0.15, 0.2) is 11.5 Å². The SMILES string of the molecule is C=CCNc1nccc2ncc(-c3ccc(OC)c(OC)c3)cc12.Cl. The summed E-state index contributed by atoms with van der Waals surface area (Å²) in [5.74, 6) is 2.18. The second-order valence-electron chi connectivity index (χ2n) is 5.19. The van der Waals surface area contributed by atoms with Gasteiger partial charge < -0.3 is 14.8 Å². The predicted molar refractivity (Wildman–Crippen MR) is 104 cm³/mol. The number of nitrogens with one attached hydrogen (secondary N) is 1. The fraction of sp³-hybridized carbons (Fsp3) is 0.158. The van der Waals surface area contributed by atoms with Crippen molar-refractivity contribution in [3.63, 3.8) is 0 Å². The summed E-state index contributed by atoms with van der Waals surface area (Å²) in [6.45, 7) is 4.37. The van der Waals surface area contributed by atoms with Crippen LogP contribution >= 0.6 is 12.4 Å². The van der Waals surface area contributed by atoms with E-state index in [2.05, 4.69) is 27.9 Å². The molecule has 1 aromatic carbocycles. The van der Waals surface area contributed by atoms with Gasteiger partial charge in [0.05, 0.1) is 19.7 Å². The summed E-state index contributed by atoms with van der Waals surface area (Å²) < 4.78 is 10.7. The Bertz CT molecular complexity index is 884. The normalized spacial score (nSPS) is 10.0. The van der Waals surface area contributed by atoms with Gasteiger partial charge in [0.2, 0.25) is 0 Å². The molecule has 0 aliphatic carbocycles. The Morgan fingerprint density at radius 2 is 1.84 bits per heavy atom. The van der Waals surface area contributed by atoms with Crippen molar-refractivity contribution in [2.24, 2.45) is 0 Å². The molecule has 0 bridgehead atoms.